The van der Waals surface area contributed by atoms with Gasteiger partial charge in [0.25, 0.3) is 5.56 Å². The first-order valence-electron chi connectivity index (χ1n) is 10.6. The third-order valence-electron chi connectivity index (χ3n) is 5.18. The maximum Gasteiger partial charge on any atom is 0.273 e. The third kappa shape index (κ3) is 4.51. The number of halogens is 1. The number of thioether (sulfide) groups is 1. The number of hydrogen-bond donors (Lipinski definition) is 0. The van der Waals surface area contributed by atoms with Crippen LogP contribution in [0, 0.1) is 0 Å². The summed E-state index contributed by atoms with van der Waals surface area (Å²) in [5.74, 6) is 2.06. The van der Waals surface area contributed by atoms with Gasteiger partial charge in [-0.3, -0.25) is 13.8 Å². The van der Waals surface area contributed by atoms with Crippen LogP contribution in [0.15, 0.2) is 69.9 Å². The molecule has 0 saturated heterocycles. The van der Waals surface area contributed by atoms with Crippen molar-refractivity contribution < 1.29 is 4.74 Å². The molecule has 168 valence electrons. The molecule has 0 N–H and O–H groups in total. The largest absolute Gasteiger partial charge is 0.494 e. The van der Waals surface area contributed by atoms with E-state index in [-0.39, 0.29) is 5.56 Å². The summed E-state index contributed by atoms with van der Waals surface area (Å²) in [6.45, 7) is 3.16. The molecule has 0 aliphatic carbocycles. The van der Waals surface area contributed by atoms with Crippen molar-refractivity contribution in [2.45, 2.75) is 30.8 Å². The first-order valence-corrected chi connectivity index (χ1v) is 12.8. The van der Waals surface area contributed by atoms with E-state index in [1.807, 2.05) is 64.4 Å². The van der Waals surface area contributed by atoms with Crippen molar-refractivity contribution in [3.63, 3.8) is 0 Å². The van der Waals surface area contributed by atoms with E-state index in [2.05, 4.69) is 17.1 Å². The number of hydrogen-bond acceptors (Lipinski definition) is 6. The van der Waals surface area contributed by atoms with E-state index in [9.17, 15) is 4.79 Å². The van der Waals surface area contributed by atoms with Crippen molar-refractivity contribution in [3.8, 4) is 5.75 Å². The summed E-state index contributed by atoms with van der Waals surface area (Å²) >= 11 is 9.13. The smallest absolute Gasteiger partial charge is 0.273 e. The molecule has 0 amide bonds. The summed E-state index contributed by atoms with van der Waals surface area (Å²) in [5, 5.41) is 12.2. The second-order valence-electron chi connectivity index (χ2n) is 7.56. The molecule has 6 nitrogen and oxygen atoms in total. The molecule has 2 aromatic carbocycles. The monoisotopic (exact) mass is 496 g/mol. The van der Waals surface area contributed by atoms with Crippen LogP contribution in [0.25, 0.3) is 16.0 Å². The van der Waals surface area contributed by atoms with Crippen LogP contribution in [0.4, 0.5) is 0 Å². The minimum Gasteiger partial charge on any atom is -0.494 e. The van der Waals surface area contributed by atoms with Gasteiger partial charge in [0.15, 0.2) is 5.16 Å². The fraction of sp³-hybridized carbons (Fsp3) is 0.208. The van der Waals surface area contributed by atoms with E-state index in [0.29, 0.717) is 34.4 Å². The van der Waals surface area contributed by atoms with Crippen LogP contribution in [0.5, 0.6) is 5.75 Å². The Morgan fingerprint density at radius 2 is 1.94 bits per heavy atom. The van der Waals surface area contributed by atoms with Gasteiger partial charge in [0.05, 0.1) is 18.7 Å². The Balaban J connectivity index is 1.51. The fourth-order valence-electron chi connectivity index (χ4n) is 3.60. The summed E-state index contributed by atoms with van der Waals surface area (Å²) in [6.07, 6.45) is 0.959. The Bertz CT molecular complexity index is 1470. The zero-order valence-corrected chi connectivity index (χ0v) is 20.3. The molecule has 3 heterocycles. The van der Waals surface area contributed by atoms with E-state index in [4.69, 9.17) is 16.3 Å². The van der Waals surface area contributed by atoms with E-state index in [0.717, 1.165) is 34.0 Å². The Hall–Kier alpha value is -2.81. The molecule has 0 spiro atoms. The Labute approximate surface area is 203 Å². The Morgan fingerprint density at radius 1 is 1.09 bits per heavy atom. The molecule has 3 aromatic heterocycles. The second kappa shape index (κ2) is 9.59. The number of fused-ring (bicyclic) bond motifs is 3. The van der Waals surface area contributed by atoms with E-state index >= 15 is 0 Å². The van der Waals surface area contributed by atoms with E-state index in [1.54, 1.807) is 16.3 Å². The van der Waals surface area contributed by atoms with Gasteiger partial charge >= 0.3 is 0 Å². The van der Waals surface area contributed by atoms with E-state index < -0.39 is 0 Å². The van der Waals surface area contributed by atoms with Gasteiger partial charge < -0.3 is 4.74 Å². The lowest BCUT2D eigenvalue weighted by atomic mass is 10.2. The zero-order valence-electron chi connectivity index (χ0n) is 17.9. The first-order chi connectivity index (χ1) is 16.1. The van der Waals surface area contributed by atoms with Crippen LogP contribution >= 0.6 is 34.7 Å². The minimum absolute atomic E-state index is 0.0578. The van der Waals surface area contributed by atoms with Gasteiger partial charge in [0.1, 0.15) is 10.4 Å². The third-order valence-corrected chi connectivity index (χ3v) is 7.30. The van der Waals surface area contributed by atoms with Gasteiger partial charge in [-0.15, -0.1) is 21.5 Å². The molecular formula is C24H21ClN4O2S2. The lowest BCUT2D eigenvalue weighted by Gasteiger charge is -2.10. The standard InChI is InChI=1S/C24H21ClN4O2S2/c1-2-11-31-19-8-6-16(7-9-19)14-28-22(30)21-20(10-12-32-21)29-23(28)26-27-24(29)33-15-17-4-3-5-18(25)13-17/h3-10,12-13H,2,11,14-15H2,1H3. The molecule has 5 aromatic rings. The number of aromatic nitrogens is 4. The van der Waals surface area contributed by atoms with Crippen LogP contribution in [0.3, 0.4) is 0 Å². The number of rotatable bonds is 8. The molecule has 5 rings (SSSR count). The molecule has 0 aliphatic heterocycles. The lowest BCUT2D eigenvalue weighted by molar-refractivity contribution is 0.317. The highest BCUT2D eigenvalue weighted by molar-refractivity contribution is 7.98. The van der Waals surface area contributed by atoms with Crippen LogP contribution in [-0.4, -0.2) is 25.8 Å². The molecule has 0 radical (unpaired) electrons. The summed E-state index contributed by atoms with van der Waals surface area (Å²) in [7, 11) is 0. The highest BCUT2D eigenvalue weighted by atomic mass is 35.5. The molecule has 33 heavy (non-hydrogen) atoms. The Morgan fingerprint density at radius 3 is 2.73 bits per heavy atom. The molecular weight excluding hydrogens is 476 g/mol. The predicted molar refractivity (Wildman–Crippen MR) is 135 cm³/mol. The van der Waals surface area contributed by atoms with Gasteiger partial charge in [-0.2, -0.15) is 0 Å². The maximum absolute atomic E-state index is 13.3. The van der Waals surface area contributed by atoms with Gasteiger partial charge in [-0.05, 0) is 53.3 Å². The highest BCUT2D eigenvalue weighted by Crippen LogP contribution is 2.27. The number of benzene rings is 2. The summed E-state index contributed by atoms with van der Waals surface area (Å²) in [6, 6.07) is 17.6. The molecule has 9 heteroatoms. The molecule has 0 bridgehead atoms. The SMILES string of the molecule is CCCOc1ccc(Cn2c(=O)c3sccc3n3c(SCc4cccc(Cl)c4)nnc23)cc1. The van der Waals surface area contributed by atoms with Crippen molar-refractivity contribution in [2.24, 2.45) is 0 Å². The second-order valence-corrected chi connectivity index (χ2v) is 9.85. The van der Waals surface area contributed by atoms with Crippen LogP contribution < -0.4 is 10.3 Å². The summed E-state index contributed by atoms with van der Waals surface area (Å²) in [4.78, 5) is 13.3. The molecule has 0 unspecified atom stereocenters. The molecule has 0 fully saturated rings. The number of thiophene rings is 1. The quantitative estimate of drug-likeness (QED) is 0.251. The van der Waals surface area contributed by atoms with Crippen molar-refractivity contribution in [1.82, 2.24) is 19.2 Å². The number of nitrogens with zero attached hydrogens (tertiary/aromatic N) is 4. The van der Waals surface area contributed by atoms with Crippen molar-refractivity contribution in [3.05, 3.63) is 86.5 Å². The molecule has 0 aliphatic rings. The van der Waals surface area contributed by atoms with Gasteiger partial charge in [-0.25, -0.2) is 0 Å². The summed E-state index contributed by atoms with van der Waals surface area (Å²) < 4.78 is 10.0. The van der Waals surface area contributed by atoms with Crippen LogP contribution in [0.2, 0.25) is 5.02 Å². The Kier molecular flexibility index (Phi) is 6.39. The number of ether oxygens (including phenoxy) is 1. The minimum atomic E-state index is -0.0578. The highest BCUT2D eigenvalue weighted by Gasteiger charge is 2.18. The average Bonchev–Trinajstić information content (AvgIpc) is 3.47. The van der Waals surface area contributed by atoms with Crippen molar-refractivity contribution >= 4 is 50.7 Å². The van der Waals surface area contributed by atoms with Gasteiger partial charge in [-0.1, -0.05) is 54.6 Å². The van der Waals surface area contributed by atoms with Crippen molar-refractivity contribution in [1.29, 1.82) is 0 Å². The zero-order chi connectivity index (χ0) is 22.8. The summed E-state index contributed by atoms with van der Waals surface area (Å²) in [5.41, 5.74) is 2.87. The molecule has 0 saturated carbocycles. The van der Waals surface area contributed by atoms with Crippen molar-refractivity contribution in [2.75, 3.05) is 6.61 Å². The van der Waals surface area contributed by atoms with Crippen LogP contribution in [-0.2, 0) is 12.3 Å². The normalized spacial score (nSPS) is 11.5. The topological polar surface area (TPSA) is 61.4 Å². The maximum atomic E-state index is 13.3. The van der Waals surface area contributed by atoms with Gasteiger partial charge in [0.2, 0.25) is 5.78 Å². The molecule has 0 atom stereocenters. The average molecular weight is 497 g/mol. The van der Waals surface area contributed by atoms with E-state index in [1.165, 1.54) is 11.3 Å². The first kappa shape index (κ1) is 22.0. The van der Waals surface area contributed by atoms with Gasteiger partial charge in [0, 0.05) is 10.8 Å². The fourth-order valence-corrected chi connectivity index (χ4v) is 5.52. The predicted octanol–water partition coefficient (Wildman–Crippen LogP) is 5.89. The van der Waals surface area contributed by atoms with Crippen LogP contribution in [0.1, 0.15) is 24.5 Å². The lowest BCUT2D eigenvalue weighted by Crippen LogP contribution is -2.23.